The first kappa shape index (κ1) is 15.6. The van der Waals surface area contributed by atoms with Gasteiger partial charge >= 0.3 is 5.97 Å². The zero-order chi connectivity index (χ0) is 14.3. The largest absolute Gasteiger partial charge is 0.481 e. The van der Waals surface area contributed by atoms with Gasteiger partial charge in [-0.2, -0.15) is 0 Å². The van der Waals surface area contributed by atoms with Crippen LogP contribution in [0.3, 0.4) is 0 Å². The maximum atomic E-state index is 11.7. The van der Waals surface area contributed by atoms with Crippen molar-refractivity contribution in [1.29, 1.82) is 0 Å². The van der Waals surface area contributed by atoms with E-state index >= 15 is 0 Å². The van der Waals surface area contributed by atoms with Gasteiger partial charge in [-0.15, -0.1) is 0 Å². The molecule has 0 saturated carbocycles. The van der Waals surface area contributed by atoms with E-state index in [0.717, 1.165) is 11.1 Å². The summed E-state index contributed by atoms with van der Waals surface area (Å²) in [4.78, 5) is 11.7. The number of benzene rings is 1. The molecule has 0 aromatic heterocycles. The number of carboxylic acids is 1. The highest BCUT2D eigenvalue weighted by molar-refractivity contribution is 5.82. The lowest BCUT2D eigenvalue weighted by atomic mass is 9.76. The van der Waals surface area contributed by atoms with Crippen molar-refractivity contribution in [3.05, 3.63) is 35.4 Å². The number of rotatable bonds is 8. The van der Waals surface area contributed by atoms with Gasteiger partial charge in [0.15, 0.2) is 0 Å². The first-order valence-electron chi connectivity index (χ1n) is 6.26. The second-order valence-electron chi connectivity index (χ2n) is 4.49. The molecule has 0 saturated heterocycles. The first-order chi connectivity index (χ1) is 9.08. The number of aryl methyl sites for hydroxylation is 1. The molecule has 0 fully saturated rings. The lowest BCUT2D eigenvalue weighted by molar-refractivity contribution is -0.144. The molecule has 1 aromatic rings. The van der Waals surface area contributed by atoms with Crippen molar-refractivity contribution < 1.29 is 19.7 Å². The molecule has 0 aliphatic carbocycles. The summed E-state index contributed by atoms with van der Waals surface area (Å²) in [6.45, 7) is 2.26. The maximum absolute atomic E-state index is 11.7. The van der Waals surface area contributed by atoms with E-state index in [4.69, 9.17) is 15.6 Å². The Bertz CT molecular complexity index is 422. The van der Waals surface area contributed by atoms with Crippen molar-refractivity contribution in [3.8, 4) is 0 Å². The molecule has 0 amide bonds. The molecule has 0 heterocycles. The smallest absolute Gasteiger partial charge is 0.315 e. The van der Waals surface area contributed by atoms with Gasteiger partial charge < -0.3 is 20.7 Å². The van der Waals surface area contributed by atoms with E-state index in [0.29, 0.717) is 0 Å². The Kier molecular flexibility index (Phi) is 5.95. The van der Waals surface area contributed by atoms with Gasteiger partial charge in [-0.1, -0.05) is 24.3 Å². The van der Waals surface area contributed by atoms with Crippen LogP contribution in [0.2, 0.25) is 0 Å². The topological polar surface area (TPSA) is 92.8 Å². The van der Waals surface area contributed by atoms with E-state index in [9.17, 15) is 9.90 Å². The quantitative estimate of drug-likeness (QED) is 0.602. The van der Waals surface area contributed by atoms with Crippen molar-refractivity contribution in [3.63, 3.8) is 0 Å². The third kappa shape index (κ3) is 3.53. The van der Waals surface area contributed by atoms with E-state index in [1.54, 1.807) is 6.07 Å². The summed E-state index contributed by atoms with van der Waals surface area (Å²) >= 11 is 0. The summed E-state index contributed by atoms with van der Waals surface area (Å²) in [5, 5.41) is 18.2. The summed E-state index contributed by atoms with van der Waals surface area (Å²) < 4.78 is 5.18. The minimum Gasteiger partial charge on any atom is -0.481 e. The third-order valence-electron chi connectivity index (χ3n) is 3.33. The van der Waals surface area contributed by atoms with E-state index in [1.807, 2.05) is 25.1 Å². The van der Waals surface area contributed by atoms with Gasteiger partial charge in [-0.05, 0) is 24.5 Å². The van der Waals surface area contributed by atoms with Gasteiger partial charge in [0.2, 0.25) is 0 Å². The van der Waals surface area contributed by atoms with Gasteiger partial charge in [-0.25, -0.2) is 0 Å². The highest BCUT2D eigenvalue weighted by atomic mass is 16.5. The molecule has 0 bridgehead atoms. The fourth-order valence-corrected chi connectivity index (χ4v) is 2.18. The standard InChI is InChI=1S/C14H21NO4/c1-11-4-2-3-5-12(11)14(10-15,13(17)18)6-8-19-9-7-16/h2-5,16H,6-10,15H2,1H3,(H,17,18). The normalized spacial score (nSPS) is 14.1. The summed E-state index contributed by atoms with van der Waals surface area (Å²) in [6, 6.07) is 7.34. The Morgan fingerprint density at radius 3 is 2.58 bits per heavy atom. The molecule has 5 nitrogen and oxygen atoms in total. The van der Waals surface area contributed by atoms with Gasteiger partial charge in [0.25, 0.3) is 0 Å². The monoisotopic (exact) mass is 267 g/mol. The molecule has 0 aliphatic rings. The van der Waals surface area contributed by atoms with Crippen molar-refractivity contribution in [2.75, 3.05) is 26.4 Å². The predicted octanol–water partition coefficient (Wildman–Crippen LogP) is 0.675. The van der Waals surface area contributed by atoms with Crippen LogP contribution in [0.15, 0.2) is 24.3 Å². The lowest BCUT2D eigenvalue weighted by Crippen LogP contribution is -2.44. The molecule has 106 valence electrons. The molecular formula is C14H21NO4. The molecule has 0 aliphatic heterocycles. The van der Waals surface area contributed by atoms with Crippen molar-refractivity contribution in [2.24, 2.45) is 5.73 Å². The fourth-order valence-electron chi connectivity index (χ4n) is 2.18. The molecule has 1 rings (SSSR count). The fraction of sp³-hybridized carbons (Fsp3) is 0.500. The van der Waals surface area contributed by atoms with Crippen LogP contribution in [0, 0.1) is 6.92 Å². The number of nitrogens with two attached hydrogens (primary N) is 1. The Hall–Kier alpha value is -1.43. The van der Waals surface area contributed by atoms with Crippen LogP contribution >= 0.6 is 0 Å². The second-order valence-corrected chi connectivity index (χ2v) is 4.49. The molecule has 1 atom stereocenters. The highest BCUT2D eigenvalue weighted by Gasteiger charge is 2.39. The van der Waals surface area contributed by atoms with Gasteiger partial charge in [0.05, 0.1) is 13.2 Å². The van der Waals surface area contributed by atoms with Crippen molar-refractivity contribution in [2.45, 2.75) is 18.8 Å². The number of carboxylic acid groups (broad SMARTS) is 1. The van der Waals surface area contributed by atoms with Crippen LogP contribution in [0.1, 0.15) is 17.5 Å². The first-order valence-corrected chi connectivity index (χ1v) is 6.26. The van der Waals surface area contributed by atoms with Gasteiger partial charge in [0.1, 0.15) is 5.41 Å². The molecular weight excluding hydrogens is 246 g/mol. The second kappa shape index (κ2) is 7.23. The van der Waals surface area contributed by atoms with Crippen LogP contribution in [0.4, 0.5) is 0 Å². The molecule has 19 heavy (non-hydrogen) atoms. The van der Waals surface area contributed by atoms with Gasteiger partial charge in [-0.3, -0.25) is 4.79 Å². The molecule has 1 unspecified atom stereocenters. The number of hydrogen-bond acceptors (Lipinski definition) is 4. The van der Waals surface area contributed by atoms with E-state index in [2.05, 4.69) is 0 Å². The zero-order valence-corrected chi connectivity index (χ0v) is 11.1. The summed E-state index contributed by atoms with van der Waals surface area (Å²) in [7, 11) is 0. The Balaban J connectivity index is 2.99. The minimum atomic E-state index is -1.14. The zero-order valence-electron chi connectivity index (χ0n) is 11.1. The minimum absolute atomic E-state index is 0.00959. The van der Waals surface area contributed by atoms with E-state index in [-0.39, 0.29) is 32.8 Å². The number of aliphatic hydroxyl groups excluding tert-OH is 1. The molecule has 0 spiro atoms. The van der Waals surface area contributed by atoms with E-state index in [1.165, 1.54) is 0 Å². The highest BCUT2D eigenvalue weighted by Crippen LogP contribution is 2.30. The number of carbonyl (C=O) groups is 1. The summed E-state index contributed by atoms with van der Waals surface area (Å²) in [5.41, 5.74) is 6.22. The average Bonchev–Trinajstić information content (AvgIpc) is 2.40. The van der Waals surface area contributed by atoms with Crippen LogP contribution in [-0.4, -0.2) is 42.5 Å². The Labute approximate surface area is 113 Å². The molecule has 4 N–H and O–H groups in total. The summed E-state index contributed by atoms with van der Waals surface area (Å²) in [5.74, 6) is -0.947. The van der Waals surface area contributed by atoms with E-state index < -0.39 is 11.4 Å². The Morgan fingerprint density at radius 2 is 2.05 bits per heavy atom. The van der Waals surface area contributed by atoms with Crippen LogP contribution in [0.5, 0.6) is 0 Å². The number of aliphatic carboxylic acids is 1. The third-order valence-corrected chi connectivity index (χ3v) is 3.33. The number of ether oxygens (including phenoxy) is 1. The maximum Gasteiger partial charge on any atom is 0.315 e. The predicted molar refractivity (Wildman–Crippen MR) is 72.1 cm³/mol. The lowest BCUT2D eigenvalue weighted by Gasteiger charge is -2.30. The summed E-state index contributed by atoms with van der Waals surface area (Å²) in [6.07, 6.45) is 0.281. The van der Waals surface area contributed by atoms with Crippen molar-refractivity contribution >= 4 is 5.97 Å². The molecule has 1 aromatic carbocycles. The van der Waals surface area contributed by atoms with Crippen LogP contribution < -0.4 is 5.73 Å². The number of aliphatic hydroxyl groups is 1. The van der Waals surface area contributed by atoms with Gasteiger partial charge in [0, 0.05) is 13.2 Å². The molecule has 5 heteroatoms. The Morgan fingerprint density at radius 1 is 1.37 bits per heavy atom. The van der Waals surface area contributed by atoms with Crippen LogP contribution in [-0.2, 0) is 14.9 Å². The van der Waals surface area contributed by atoms with Crippen LogP contribution in [0.25, 0.3) is 0 Å². The molecule has 0 radical (unpaired) electrons. The van der Waals surface area contributed by atoms with Crippen molar-refractivity contribution in [1.82, 2.24) is 0 Å². The number of hydrogen-bond donors (Lipinski definition) is 3. The SMILES string of the molecule is Cc1ccccc1C(CN)(CCOCCO)C(=O)O. The average molecular weight is 267 g/mol.